The summed E-state index contributed by atoms with van der Waals surface area (Å²) in [5.41, 5.74) is 2.46. The van der Waals surface area contributed by atoms with E-state index in [0.717, 1.165) is 26.9 Å². The molecule has 32 heavy (non-hydrogen) atoms. The highest BCUT2D eigenvalue weighted by Gasteiger charge is 2.61. The number of hydrogen-bond acceptors (Lipinski definition) is 5. The number of anilines is 1. The lowest BCUT2D eigenvalue weighted by Gasteiger charge is -2.28. The zero-order valence-corrected chi connectivity index (χ0v) is 20.1. The number of rotatable bonds is 6. The summed E-state index contributed by atoms with van der Waals surface area (Å²) in [6.45, 7) is 6.81. The van der Waals surface area contributed by atoms with E-state index in [9.17, 15) is 19.2 Å². The topological polar surface area (TPSA) is 92.8 Å². The maximum Gasteiger partial charge on any atom is 0.330 e. The van der Waals surface area contributed by atoms with Gasteiger partial charge in [-0.15, -0.1) is 0 Å². The molecule has 3 aliphatic rings. The Labute approximate surface area is 195 Å². The highest BCUT2D eigenvalue weighted by Crippen LogP contribution is 2.53. The average molecular weight is 503 g/mol. The van der Waals surface area contributed by atoms with Crippen molar-refractivity contribution in [3.05, 3.63) is 39.9 Å². The van der Waals surface area contributed by atoms with Gasteiger partial charge < -0.3 is 10.1 Å². The number of carbonyl (C=O) groups excluding carboxylic acids is 4. The standard InChI is InChI=1S/C24H27BrN2O5/c1-11(2)21(27-22(29)19-14-5-6-15(9-14)20(19)23(27)30)24(31)32-10-18(28)26-17-8-12(3)16(25)7-13(17)4/h5-8,11,14-15,19-21H,9-10H2,1-4H3,(H,26,28)/t14-,15-,19+,20+,21-/m0/s1. The Morgan fingerprint density at radius 1 is 1.09 bits per heavy atom. The van der Waals surface area contributed by atoms with Gasteiger partial charge in [0.2, 0.25) is 11.8 Å². The molecule has 170 valence electrons. The maximum absolute atomic E-state index is 13.1. The van der Waals surface area contributed by atoms with Crippen LogP contribution >= 0.6 is 15.9 Å². The highest BCUT2D eigenvalue weighted by atomic mass is 79.9. The van der Waals surface area contributed by atoms with Gasteiger partial charge in [-0.05, 0) is 61.3 Å². The van der Waals surface area contributed by atoms with Crippen molar-refractivity contribution in [3.63, 3.8) is 0 Å². The Morgan fingerprint density at radius 2 is 1.69 bits per heavy atom. The second-order valence-electron chi connectivity index (χ2n) is 9.31. The van der Waals surface area contributed by atoms with E-state index in [4.69, 9.17) is 4.74 Å². The van der Waals surface area contributed by atoms with Crippen molar-refractivity contribution < 1.29 is 23.9 Å². The van der Waals surface area contributed by atoms with Gasteiger partial charge in [0.05, 0.1) is 11.8 Å². The van der Waals surface area contributed by atoms with Crippen molar-refractivity contribution in [2.75, 3.05) is 11.9 Å². The van der Waals surface area contributed by atoms with Crippen LogP contribution in [-0.2, 0) is 23.9 Å². The van der Waals surface area contributed by atoms with Crippen LogP contribution in [0.3, 0.4) is 0 Å². The fourth-order valence-corrected chi connectivity index (χ4v) is 5.66. The van der Waals surface area contributed by atoms with Crippen molar-refractivity contribution >= 4 is 45.3 Å². The Bertz CT molecular complexity index is 1000. The van der Waals surface area contributed by atoms with Gasteiger partial charge in [-0.1, -0.05) is 41.9 Å². The highest BCUT2D eigenvalue weighted by molar-refractivity contribution is 9.10. The van der Waals surface area contributed by atoms with Gasteiger partial charge in [0.1, 0.15) is 6.04 Å². The van der Waals surface area contributed by atoms with E-state index in [2.05, 4.69) is 21.2 Å². The van der Waals surface area contributed by atoms with E-state index in [1.807, 2.05) is 38.1 Å². The molecular formula is C24H27BrN2O5. The fourth-order valence-electron chi connectivity index (χ4n) is 5.20. The Morgan fingerprint density at radius 3 is 2.25 bits per heavy atom. The van der Waals surface area contributed by atoms with Gasteiger partial charge in [-0.2, -0.15) is 0 Å². The van der Waals surface area contributed by atoms with Gasteiger partial charge in [0, 0.05) is 10.2 Å². The fraction of sp³-hybridized carbons (Fsp3) is 0.500. The summed E-state index contributed by atoms with van der Waals surface area (Å²) in [6.07, 6.45) is 4.85. The number of ether oxygens (including phenoxy) is 1. The lowest BCUT2D eigenvalue weighted by molar-refractivity contribution is -0.162. The van der Waals surface area contributed by atoms with Crippen LogP contribution in [0.25, 0.3) is 0 Å². The molecule has 2 bridgehead atoms. The zero-order chi connectivity index (χ0) is 23.3. The summed E-state index contributed by atoms with van der Waals surface area (Å²) < 4.78 is 6.21. The summed E-state index contributed by atoms with van der Waals surface area (Å²) >= 11 is 3.45. The number of fused-ring (bicyclic) bond motifs is 5. The van der Waals surface area contributed by atoms with Crippen LogP contribution in [0.15, 0.2) is 28.8 Å². The normalized spacial score (nSPS) is 26.6. The third-order valence-corrected chi connectivity index (χ3v) is 7.64. The molecule has 1 heterocycles. The number of halogens is 1. The van der Waals surface area contributed by atoms with E-state index in [1.54, 1.807) is 13.8 Å². The smallest absolute Gasteiger partial charge is 0.330 e. The number of hydrogen-bond donors (Lipinski definition) is 1. The van der Waals surface area contributed by atoms with Gasteiger partial charge in [-0.25, -0.2) is 4.79 Å². The summed E-state index contributed by atoms with van der Waals surface area (Å²) in [5, 5.41) is 2.75. The SMILES string of the molecule is Cc1cc(NC(=O)COC(=O)[C@H](C(C)C)N2C(=O)[C@H]3[C@H](C2=O)[C@H]2C=C[C@H]3C2)c(C)cc1Br. The monoisotopic (exact) mass is 502 g/mol. The molecular weight excluding hydrogens is 476 g/mol. The Kier molecular flexibility index (Phi) is 6.00. The molecule has 1 aromatic carbocycles. The zero-order valence-electron chi connectivity index (χ0n) is 18.6. The van der Waals surface area contributed by atoms with Crippen LogP contribution in [0.4, 0.5) is 5.69 Å². The van der Waals surface area contributed by atoms with Crippen LogP contribution in [0, 0.1) is 43.4 Å². The number of amides is 3. The lowest BCUT2D eigenvalue weighted by atomic mass is 9.85. The first kappa shape index (κ1) is 22.7. The van der Waals surface area contributed by atoms with Crippen molar-refractivity contribution in [1.82, 2.24) is 4.90 Å². The predicted octanol–water partition coefficient (Wildman–Crippen LogP) is 3.38. The van der Waals surface area contributed by atoms with Crippen LogP contribution < -0.4 is 5.32 Å². The Hall–Kier alpha value is -2.48. The molecule has 1 saturated heterocycles. The minimum atomic E-state index is -1.04. The first-order chi connectivity index (χ1) is 15.1. The molecule has 8 heteroatoms. The molecule has 2 fully saturated rings. The molecule has 1 aliphatic heterocycles. The molecule has 2 aliphatic carbocycles. The van der Waals surface area contributed by atoms with Crippen LogP contribution in [0.2, 0.25) is 0 Å². The summed E-state index contributed by atoms with van der Waals surface area (Å²) in [4.78, 5) is 52.6. The molecule has 5 atom stereocenters. The van der Waals surface area contributed by atoms with E-state index in [1.165, 1.54) is 0 Å². The van der Waals surface area contributed by atoms with E-state index >= 15 is 0 Å². The van der Waals surface area contributed by atoms with Crippen LogP contribution in [-0.4, -0.2) is 41.2 Å². The largest absolute Gasteiger partial charge is 0.454 e. The Balaban J connectivity index is 1.42. The molecule has 0 unspecified atom stereocenters. The number of carbonyl (C=O) groups is 4. The third-order valence-electron chi connectivity index (χ3n) is 6.78. The summed E-state index contributed by atoms with van der Waals surface area (Å²) in [6, 6.07) is 2.69. The molecule has 1 saturated carbocycles. The van der Waals surface area contributed by atoms with Gasteiger partial charge in [0.15, 0.2) is 6.61 Å². The van der Waals surface area contributed by atoms with E-state index < -0.39 is 24.5 Å². The number of imide groups is 1. The second-order valence-corrected chi connectivity index (χ2v) is 10.2. The number of benzene rings is 1. The molecule has 1 aromatic rings. The molecule has 3 amide bonds. The number of allylic oxidation sites excluding steroid dienone is 2. The quantitative estimate of drug-likeness (QED) is 0.365. The van der Waals surface area contributed by atoms with Crippen molar-refractivity contribution in [2.24, 2.45) is 29.6 Å². The van der Waals surface area contributed by atoms with Crippen LogP contribution in [0.1, 0.15) is 31.4 Å². The van der Waals surface area contributed by atoms with Crippen molar-refractivity contribution in [2.45, 2.75) is 40.2 Å². The first-order valence-corrected chi connectivity index (χ1v) is 11.7. The van der Waals surface area contributed by atoms with Gasteiger partial charge in [-0.3, -0.25) is 19.3 Å². The summed E-state index contributed by atoms with van der Waals surface area (Å²) in [5.74, 6) is -2.76. The maximum atomic E-state index is 13.1. The number of likely N-dealkylation sites (tertiary alicyclic amines) is 1. The average Bonchev–Trinajstić information content (AvgIpc) is 3.40. The number of nitrogens with one attached hydrogen (secondary N) is 1. The number of aryl methyl sites for hydroxylation is 2. The molecule has 0 spiro atoms. The number of esters is 1. The van der Waals surface area contributed by atoms with E-state index in [-0.39, 0.29) is 41.4 Å². The predicted molar refractivity (Wildman–Crippen MR) is 121 cm³/mol. The molecule has 0 aromatic heterocycles. The van der Waals surface area contributed by atoms with Gasteiger partial charge >= 0.3 is 5.97 Å². The first-order valence-electron chi connectivity index (χ1n) is 10.9. The molecule has 0 radical (unpaired) electrons. The summed E-state index contributed by atoms with van der Waals surface area (Å²) in [7, 11) is 0. The third kappa shape index (κ3) is 3.78. The lowest BCUT2D eigenvalue weighted by Crippen LogP contribution is -2.50. The van der Waals surface area contributed by atoms with Crippen molar-refractivity contribution in [3.8, 4) is 0 Å². The second kappa shape index (κ2) is 8.46. The molecule has 7 nitrogen and oxygen atoms in total. The minimum Gasteiger partial charge on any atom is -0.454 e. The number of nitrogens with zero attached hydrogens (tertiary/aromatic N) is 1. The molecule has 1 N–H and O–H groups in total. The molecule has 4 rings (SSSR count). The van der Waals surface area contributed by atoms with Gasteiger partial charge in [0.25, 0.3) is 5.91 Å². The van der Waals surface area contributed by atoms with Crippen molar-refractivity contribution in [1.29, 1.82) is 0 Å². The van der Waals surface area contributed by atoms with Crippen LogP contribution in [0.5, 0.6) is 0 Å². The minimum absolute atomic E-state index is 0.0682. The van der Waals surface area contributed by atoms with E-state index in [0.29, 0.717) is 5.69 Å².